The van der Waals surface area contributed by atoms with Crippen molar-refractivity contribution in [3.05, 3.63) is 69.3 Å². The molecule has 0 atom stereocenters. The summed E-state index contributed by atoms with van der Waals surface area (Å²) in [5, 5.41) is 11.8. The average molecular weight is 313 g/mol. The Hall–Kier alpha value is -3.09. The fourth-order valence-electron chi connectivity index (χ4n) is 2.49. The summed E-state index contributed by atoms with van der Waals surface area (Å²) < 4.78 is 8.79. The highest BCUT2D eigenvalue weighted by atomic mass is 16.6. The van der Waals surface area contributed by atoms with Crippen molar-refractivity contribution >= 4 is 16.6 Å². The number of benzene rings is 1. The molecular weight excluding hydrogens is 298 g/mol. The average Bonchev–Trinajstić information content (AvgIpc) is 2.92. The first-order valence-corrected chi connectivity index (χ1v) is 7.08. The standard InChI is InChI=1S/C16H15N3O4/c1-17-8-6-12-7-9-18(16(20)15(12)17)10-11-23-14-5-3-2-4-13(14)19(21)22/h2-9H,10-11H2,1H3. The summed E-state index contributed by atoms with van der Waals surface area (Å²) in [6, 6.07) is 9.93. The fourth-order valence-corrected chi connectivity index (χ4v) is 2.49. The lowest BCUT2D eigenvalue weighted by molar-refractivity contribution is -0.385. The van der Waals surface area contributed by atoms with Crippen molar-refractivity contribution in [2.75, 3.05) is 6.61 Å². The number of nitrogens with zero attached hydrogens (tertiary/aromatic N) is 3. The first-order chi connectivity index (χ1) is 11.1. The lowest BCUT2D eigenvalue weighted by Crippen LogP contribution is -2.23. The van der Waals surface area contributed by atoms with E-state index in [0.717, 1.165) is 5.39 Å². The summed E-state index contributed by atoms with van der Waals surface area (Å²) in [5.74, 6) is 0.200. The van der Waals surface area contributed by atoms with E-state index < -0.39 is 4.92 Å². The van der Waals surface area contributed by atoms with Crippen LogP contribution in [-0.2, 0) is 13.6 Å². The molecule has 7 heteroatoms. The Bertz CT molecular complexity index is 926. The van der Waals surface area contributed by atoms with Crippen molar-refractivity contribution in [2.24, 2.45) is 7.05 Å². The molecule has 0 saturated heterocycles. The third-order valence-corrected chi connectivity index (χ3v) is 3.65. The molecule has 0 aliphatic rings. The Balaban J connectivity index is 1.77. The Morgan fingerprint density at radius 3 is 2.70 bits per heavy atom. The van der Waals surface area contributed by atoms with E-state index in [1.807, 2.05) is 25.4 Å². The van der Waals surface area contributed by atoms with Crippen LogP contribution in [0.15, 0.2) is 53.6 Å². The molecule has 0 aliphatic heterocycles. The van der Waals surface area contributed by atoms with Crippen molar-refractivity contribution in [3.63, 3.8) is 0 Å². The number of pyridine rings is 1. The van der Waals surface area contributed by atoms with E-state index in [0.29, 0.717) is 12.1 Å². The molecule has 0 saturated carbocycles. The lowest BCUT2D eigenvalue weighted by atomic mass is 10.3. The third kappa shape index (κ3) is 2.80. The molecule has 2 heterocycles. The van der Waals surface area contributed by atoms with Crippen LogP contribution in [0.2, 0.25) is 0 Å². The number of aromatic nitrogens is 2. The highest BCUT2D eigenvalue weighted by molar-refractivity contribution is 5.78. The molecule has 0 radical (unpaired) electrons. The van der Waals surface area contributed by atoms with Crippen molar-refractivity contribution in [2.45, 2.75) is 6.54 Å². The normalized spacial score (nSPS) is 10.8. The van der Waals surface area contributed by atoms with Gasteiger partial charge in [0.2, 0.25) is 0 Å². The molecule has 0 bridgehead atoms. The molecule has 1 aromatic carbocycles. The predicted octanol–water partition coefficient (Wildman–Crippen LogP) is 2.33. The smallest absolute Gasteiger partial charge is 0.310 e. The molecule has 0 spiro atoms. The first-order valence-electron chi connectivity index (χ1n) is 7.08. The van der Waals surface area contributed by atoms with E-state index in [1.54, 1.807) is 29.0 Å². The van der Waals surface area contributed by atoms with Gasteiger partial charge >= 0.3 is 5.69 Å². The lowest BCUT2D eigenvalue weighted by Gasteiger charge is -2.09. The first kappa shape index (κ1) is 14.8. The largest absolute Gasteiger partial charge is 0.485 e. The van der Waals surface area contributed by atoms with Crippen LogP contribution in [-0.4, -0.2) is 20.7 Å². The minimum absolute atomic E-state index is 0.0854. The third-order valence-electron chi connectivity index (χ3n) is 3.65. The zero-order valence-corrected chi connectivity index (χ0v) is 12.5. The predicted molar refractivity (Wildman–Crippen MR) is 85.8 cm³/mol. The van der Waals surface area contributed by atoms with Crippen LogP contribution in [0.1, 0.15) is 0 Å². The van der Waals surface area contributed by atoms with Crippen molar-refractivity contribution in [1.29, 1.82) is 0 Å². The number of aryl methyl sites for hydroxylation is 1. The number of hydrogen-bond donors (Lipinski definition) is 0. The zero-order valence-electron chi connectivity index (χ0n) is 12.5. The molecule has 3 aromatic rings. The quantitative estimate of drug-likeness (QED) is 0.535. The summed E-state index contributed by atoms with van der Waals surface area (Å²) in [7, 11) is 1.82. The van der Waals surface area contributed by atoms with Crippen molar-refractivity contribution in [1.82, 2.24) is 9.13 Å². The molecule has 23 heavy (non-hydrogen) atoms. The monoisotopic (exact) mass is 313 g/mol. The molecule has 0 amide bonds. The highest BCUT2D eigenvalue weighted by Crippen LogP contribution is 2.25. The summed E-state index contributed by atoms with van der Waals surface area (Å²) in [4.78, 5) is 22.8. The second-order valence-electron chi connectivity index (χ2n) is 5.12. The van der Waals surface area contributed by atoms with Gasteiger partial charge in [0.25, 0.3) is 5.56 Å². The number of ether oxygens (including phenoxy) is 1. The second-order valence-corrected chi connectivity index (χ2v) is 5.12. The van der Waals surface area contributed by atoms with Crippen LogP contribution in [0.4, 0.5) is 5.69 Å². The van der Waals surface area contributed by atoms with E-state index in [1.165, 1.54) is 10.6 Å². The van der Waals surface area contributed by atoms with Gasteiger partial charge in [0, 0.05) is 30.9 Å². The van der Waals surface area contributed by atoms with Gasteiger partial charge in [-0.25, -0.2) is 0 Å². The SMILES string of the molecule is Cn1ccc2ccn(CCOc3ccccc3[N+](=O)[O-])c(=O)c21. The van der Waals surface area contributed by atoms with E-state index in [9.17, 15) is 14.9 Å². The molecule has 2 aromatic heterocycles. The van der Waals surface area contributed by atoms with Crippen molar-refractivity contribution < 1.29 is 9.66 Å². The molecule has 3 rings (SSSR count). The van der Waals surface area contributed by atoms with Crippen LogP contribution in [0.25, 0.3) is 10.9 Å². The van der Waals surface area contributed by atoms with Crippen LogP contribution in [0, 0.1) is 10.1 Å². The van der Waals surface area contributed by atoms with Crippen LogP contribution in [0.3, 0.4) is 0 Å². The summed E-state index contributed by atoms with van der Waals surface area (Å²) in [6.45, 7) is 0.479. The Morgan fingerprint density at radius 1 is 1.17 bits per heavy atom. The maximum Gasteiger partial charge on any atom is 0.310 e. The second kappa shape index (κ2) is 5.96. The molecule has 7 nitrogen and oxygen atoms in total. The minimum atomic E-state index is -0.489. The van der Waals surface area contributed by atoms with Gasteiger partial charge in [0.1, 0.15) is 12.1 Å². The van der Waals surface area contributed by atoms with Gasteiger partial charge in [0.05, 0.1) is 11.5 Å². The van der Waals surface area contributed by atoms with Crippen LogP contribution < -0.4 is 10.3 Å². The number of nitro groups is 1. The van der Waals surface area contributed by atoms with Gasteiger partial charge in [0.15, 0.2) is 5.75 Å². The topological polar surface area (TPSA) is 79.3 Å². The van der Waals surface area contributed by atoms with Gasteiger partial charge in [-0.3, -0.25) is 14.9 Å². The molecule has 0 unspecified atom stereocenters. The Kier molecular flexibility index (Phi) is 3.84. The van der Waals surface area contributed by atoms with Gasteiger partial charge in [-0.1, -0.05) is 12.1 Å². The van der Waals surface area contributed by atoms with Gasteiger partial charge in [-0.15, -0.1) is 0 Å². The molecule has 0 N–H and O–H groups in total. The van der Waals surface area contributed by atoms with E-state index >= 15 is 0 Å². The zero-order chi connectivity index (χ0) is 16.4. The summed E-state index contributed by atoms with van der Waals surface area (Å²) in [5.41, 5.74) is 0.428. The minimum Gasteiger partial charge on any atom is -0.485 e. The maximum atomic E-state index is 12.4. The number of fused-ring (bicyclic) bond motifs is 1. The summed E-state index contributed by atoms with van der Waals surface area (Å²) in [6.07, 6.45) is 3.54. The molecule has 118 valence electrons. The number of para-hydroxylation sites is 2. The maximum absolute atomic E-state index is 12.4. The number of nitro benzene ring substituents is 1. The Morgan fingerprint density at radius 2 is 1.91 bits per heavy atom. The molecular formula is C16H15N3O4. The fraction of sp³-hybridized carbons (Fsp3) is 0.188. The van der Waals surface area contributed by atoms with Crippen LogP contribution in [0.5, 0.6) is 5.75 Å². The summed E-state index contributed by atoms with van der Waals surface area (Å²) >= 11 is 0. The molecule has 0 aliphatic carbocycles. The van der Waals surface area contributed by atoms with Gasteiger partial charge < -0.3 is 13.9 Å². The van der Waals surface area contributed by atoms with E-state index in [-0.39, 0.29) is 23.6 Å². The van der Waals surface area contributed by atoms with Crippen molar-refractivity contribution in [3.8, 4) is 5.75 Å². The van der Waals surface area contributed by atoms with E-state index in [2.05, 4.69) is 0 Å². The number of rotatable bonds is 5. The Labute approximate surface area is 131 Å². The molecule has 0 fully saturated rings. The van der Waals surface area contributed by atoms with E-state index in [4.69, 9.17) is 4.74 Å². The highest BCUT2D eigenvalue weighted by Gasteiger charge is 2.13. The van der Waals surface area contributed by atoms with Gasteiger partial charge in [-0.2, -0.15) is 0 Å². The number of hydrogen-bond acceptors (Lipinski definition) is 4. The van der Waals surface area contributed by atoms with Crippen LogP contribution >= 0.6 is 0 Å². The van der Waals surface area contributed by atoms with Gasteiger partial charge in [-0.05, 0) is 18.2 Å².